The quantitative estimate of drug-likeness (QED) is 0.877. The molecule has 2 heterocycles. The van der Waals surface area contributed by atoms with E-state index in [0.29, 0.717) is 18.8 Å². The number of rotatable bonds is 5. The number of pyridine rings is 1. The van der Waals surface area contributed by atoms with E-state index in [0.717, 1.165) is 32.0 Å². The van der Waals surface area contributed by atoms with Gasteiger partial charge in [0.25, 0.3) is 5.91 Å². The van der Waals surface area contributed by atoms with Crippen LogP contribution in [-0.4, -0.2) is 60.2 Å². The highest BCUT2D eigenvalue weighted by Gasteiger charge is 2.15. The lowest BCUT2D eigenvalue weighted by molar-refractivity contribution is 0.0496. The fraction of sp³-hybridized carbons (Fsp3) is 0.571. The second kappa shape index (κ2) is 7.21. The Bertz CT molecular complexity index is 443. The maximum atomic E-state index is 12.3. The molecule has 0 atom stereocenters. The summed E-state index contributed by atoms with van der Waals surface area (Å²) in [6, 6.07) is 3.67. The van der Waals surface area contributed by atoms with Gasteiger partial charge in [-0.25, -0.2) is 5.01 Å². The Labute approximate surface area is 119 Å². The average Bonchev–Trinajstić information content (AvgIpc) is 2.49. The molecular formula is C14H22N4O2. The molecule has 1 amide bonds. The van der Waals surface area contributed by atoms with E-state index in [9.17, 15) is 4.79 Å². The van der Waals surface area contributed by atoms with E-state index in [1.807, 2.05) is 19.9 Å². The van der Waals surface area contributed by atoms with Crippen molar-refractivity contribution < 1.29 is 9.53 Å². The fourth-order valence-electron chi connectivity index (χ4n) is 2.15. The molecule has 0 radical (unpaired) electrons. The average molecular weight is 278 g/mol. The number of hydrazine groups is 1. The smallest absolute Gasteiger partial charge is 0.272 e. The van der Waals surface area contributed by atoms with E-state index in [2.05, 4.69) is 15.4 Å². The molecule has 1 saturated heterocycles. The van der Waals surface area contributed by atoms with Crippen LogP contribution in [0.2, 0.25) is 0 Å². The number of amides is 1. The number of carbonyl (C=O) groups excluding carboxylic acids is 1. The number of morpholine rings is 1. The van der Waals surface area contributed by atoms with Crippen LogP contribution >= 0.6 is 0 Å². The Kier molecular flexibility index (Phi) is 5.31. The minimum absolute atomic E-state index is 0.0272. The zero-order valence-electron chi connectivity index (χ0n) is 12.1. The van der Waals surface area contributed by atoms with Crippen molar-refractivity contribution in [3.8, 4) is 0 Å². The van der Waals surface area contributed by atoms with Crippen LogP contribution in [0.1, 0.15) is 24.3 Å². The van der Waals surface area contributed by atoms with Gasteiger partial charge in [-0.05, 0) is 26.0 Å². The molecule has 110 valence electrons. The molecular weight excluding hydrogens is 256 g/mol. The van der Waals surface area contributed by atoms with E-state index < -0.39 is 0 Å². The molecule has 0 aliphatic carbocycles. The summed E-state index contributed by atoms with van der Waals surface area (Å²) in [7, 11) is 0. The third-order valence-electron chi connectivity index (χ3n) is 3.33. The Morgan fingerprint density at radius 1 is 1.40 bits per heavy atom. The van der Waals surface area contributed by atoms with Crippen molar-refractivity contribution >= 4 is 11.6 Å². The van der Waals surface area contributed by atoms with Crippen molar-refractivity contribution in [3.63, 3.8) is 0 Å². The van der Waals surface area contributed by atoms with Gasteiger partial charge in [0, 0.05) is 32.4 Å². The number of anilines is 1. The summed E-state index contributed by atoms with van der Waals surface area (Å²) in [5, 5.41) is 2.09. The lowest BCUT2D eigenvalue weighted by Crippen LogP contribution is -2.40. The van der Waals surface area contributed by atoms with Crippen LogP contribution in [0.25, 0.3) is 0 Å². The van der Waals surface area contributed by atoms with Gasteiger partial charge in [0.05, 0.1) is 18.9 Å². The van der Waals surface area contributed by atoms with Crippen LogP contribution in [0.4, 0.5) is 5.69 Å². The lowest BCUT2D eigenvalue weighted by atomic mass is 10.3. The maximum Gasteiger partial charge on any atom is 0.272 e. The van der Waals surface area contributed by atoms with Crippen LogP contribution in [0.3, 0.4) is 0 Å². The number of hydrogen-bond donors (Lipinski definition) is 1. The molecule has 1 aromatic heterocycles. The van der Waals surface area contributed by atoms with Crippen molar-refractivity contribution in [2.45, 2.75) is 13.8 Å². The normalized spacial score (nSPS) is 15.9. The summed E-state index contributed by atoms with van der Waals surface area (Å²) in [4.78, 5) is 18.2. The first-order chi connectivity index (χ1) is 9.74. The van der Waals surface area contributed by atoms with Gasteiger partial charge in [-0.2, -0.15) is 0 Å². The molecule has 1 aliphatic rings. The Morgan fingerprint density at radius 2 is 2.10 bits per heavy atom. The topological polar surface area (TPSA) is 57.7 Å². The number of hydrogen-bond acceptors (Lipinski definition) is 5. The highest BCUT2D eigenvalue weighted by molar-refractivity contribution is 5.93. The second-order valence-corrected chi connectivity index (χ2v) is 4.62. The molecule has 0 bridgehead atoms. The Balaban J connectivity index is 2.05. The van der Waals surface area contributed by atoms with E-state index in [1.165, 1.54) is 0 Å². The maximum absolute atomic E-state index is 12.3. The van der Waals surface area contributed by atoms with Gasteiger partial charge in [-0.3, -0.25) is 9.78 Å². The highest BCUT2D eigenvalue weighted by atomic mass is 16.5. The predicted molar refractivity (Wildman–Crippen MR) is 77.5 cm³/mol. The summed E-state index contributed by atoms with van der Waals surface area (Å²) < 4.78 is 5.31. The van der Waals surface area contributed by atoms with Crippen molar-refractivity contribution in [1.82, 2.24) is 14.9 Å². The van der Waals surface area contributed by atoms with E-state index >= 15 is 0 Å². The summed E-state index contributed by atoms with van der Waals surface area (Å²) >= 11 is 0. The zero-order chi connectivity index (χ0) is 14.4. The molecule has 0 aromatic carbocycles. The standard InChI is InChI=1S/C14H22N4O2/c1-3-17(4-2)14(19)13-11-12(5-6-15-13)16-18-7-9-20-10-8-18/h5-6,11H,3-4,7-10H2,1-2H3,(H,15,16). The number of aromatic nitrogens is 1. The SMILES string of the molecule is CCN(CC)C(=O)c1cc(NN2CCOCC2)ccn1. The first-order valence-electron chi connectivity index (χ1n) is 7.09. The third kappa shape index (κ3) is 3.68. The largest absolute Gasteiger partial charge is 0.379 e. The third-order valence-corrected chi connectivity index (χ3v) is 3.33. The summed E-state index contributed by atoms with van der Waals surface area (Å²) in [5.74, 6) is -0.0272. The first-order valence-corrected chi connectivity index (χ1v) is 7.09. The predicted octanol–water partition coefficient (Wildman–Crippen LogP) is 1.22. The van der Waals surface area contributed by atoms with Gasteiger partial charge < -0.3 is 15.1 Å². The summed E-state index contributed by atoms with van der Waals surface area (Å²) in [6.07, 6.45) is 1.67. The van der Waals surface area contributed by atoms with Crippen LogP contribution in [0, 0.1) is 0 Å². The molecule has 1 aliphatic heterocycles. The number of nitrogens with zero attached hydrogens (tertiary/aromatic N) is 3. The minimum atomic E-state index is -0.0272. The number of carbonyl (C=O) groups is 1. The van der Waals surface area contributed by atoms with Crippen LogP contribution in [0.5, 0.6) is 0 Å². The van der Waals surface area contributed by atoms with Crippen molar-refractivity contribution in [2.75, 3.05) is 44.8 Å². The van der Waals surface area contributed by atoms with Crippen molar-refractivity contribution in [1.29, 1.82) is 0 Å². The molecule has 6 heteroatoms. The monoisotopic (exact) mass is 278 g/mol. The van der Waals surface area contributed by atoms with Gasteiger partial charge in [0.15, 0.2) is 0 Å². The van der Waals surface area contributed by atoms with E-state index in [4.69, 9.17) is 4.74 Å². The zero-order valence-corrected chi connectivity index (χ0v) is 12.1. The van der Waals surface area contributed by atoms with E-state index in [1.54, 1.807) is 17.2 Å². The van der Waals surface area contributed by atoms with Gasteiger partial charge in [-0.15, -0.1) is 0 Å². The van der Waals surface area contributed by atoms with Gasteiger partial charge in [0.2, 0.25) is 0 Å². The minimum Gasteiger partial charge on any atom is -0.379 e. The van der Waals surface area contributed by atoms with Crippen LogP contribution < -0.4 is 5.43 Å². The molecule has 1 N–H and O–H groups in total. The Hall–Kier alpha value is -1.66. The molecule has 2 rings (SSSR count). The van der Waals surface area contributed by atoms with Gasteiger partial charge >= 0.3 is 0 Å². The molecule has 1 fully saturated rings. The Morgan fingerprint density at radius 3 is 2.75 bits per heavy atom. The molecule has 0 saturated carbocycles. The van der Waals surface area contributed by atoms with E-state index in [-0.39, 0.29) is 5.91 Å². The van der Waals surface area contributed by atoms with Crippen molar-refractivity contribution in [3.05, 3.63) is 24.0 Å². The van der Waals surface area contributed by atoms with Gasteiger partial charge in [-0.1, -0.05) is 0 Å². The second-order valence-electron chi connectivity index (χ2n) is 4.62. The van der Waals surface area contributed by atoms with Crippen LogP contribution in [0.15, 0.2) is 18.3 Å². The lowest BCUT2D eigenvalue weighted by Gasteiger charge is -2.28. The first kappa shape index (κ1) is 14.7. The summed E-state index contributed by atoms with van der Waals surface area (Å²) in [6.45, 7) is 8.45. The van der Waals surface area contributed by atoms with Crippen molar-refractivity contribution in [2.24, 2.45) is 0 Å². The number of ether oxygens (including phenoxy) is 1. The molecule has 0 unspecified atom stereocenters. The van der Waals surface area contributed by atoms with Gasteiger partial charge in [0.1, 0.15) is 5.69 Å². The van der Waals surface area contributed by atoms with Crippen LogP contribution in [-0.2, 0) is 4.74 Å². The summed E-state index contributed by atoms with van der Waals surface area (Å²) in [5.41, 5.74) is 4.66. The molecule has 1 aromatic rings. The molecule has 6 nitrogen and oxygen atoms in total. The fourth-order valence-corrected chi connectivity index (χ4v) is 2.15. The number of nitrogens with one attached hydrogen (secondary N) is 1. The highest BCUT2D eigenvalue weighted by Crippen LogP contribution is 2.12. The molecule has 20 heavy (non-hydrogen) atoms. The molecule has 0 spiro atoms.